The number of fused-ring (bicyclic) bond motifs is 2. The van der Waals surface area contributed by atoms with Gasteiger partial charge in [0.25, 0.3) is 0 Å². The summed E-state index contributed by atoms with van der Waals surface area (Å²) in [5.41, 5.74) is 3.55. The van der Waals surface area contributed by atoms with Crippen LogP contribution in [0.4, 0.5) is 0 Å². The summed E-state index contributed by atoms with van der Waals surface area (Å²) in [7, 11) is -4.04. The number of benzene rings is 4. The molecule has 8 heteroatoms. The normalized spacial score (nSPS) is 20.6. The molecule has 0 aliphatic carbocycles. The van der Waals surface area contributed by atoms with Gasteiger partial charge in [0.2, 0.25) is 0 Å². The van der Waals surface area contributed by atoms with E-state index >= 15 is 0 Å². The van der Waals surface area contributed by atoms with Crippen molar-refractivity contribution in [2.45, 2.75) is 23.9 Å². The molecular weight excluding hydrogens is 567 g/mol. The zero-order valence-corrected chi connectivity index (χ0v) is 22.6. The summed E-state index contributed by atoms with van der Waals surface area (Å²) in [6.07, 6.45) is -0.843. The van der Waals surface area contributed by atoms with Crippen LogP contribution in [0.1, 0.15) is 17.5 Å². The molecule has 1 fully saturated rings. The molecular formula is C30H24O6SSe. The molecule has 38 heavy (non-hydrogen) atoms. The molecule has 4 aromatic carbocycles. The molecule has 3 atom stereocenters. The van der Waals surface area contributed by atoms with E-state index in [2.05, 4.69) is 36.4 Å². The average Bonchev–Trinajstić information content (AvgIpc) is 3.52. The van der Waals surface area contributed by atoms with Gasteiger partial charge >= 0.3 is 205 Å². The minimum absolute atomic E-state index is 0.0242. The predicted molar refractivity (Wildman–Crippen MR) is 148 cm³/mol. The number of ether oxygens (including phenoxy) is 1. The summed E-state index contributed by atoms with van der Waals surface area (Å²) in [5, 5.41) is 18.5. The van der Waals surface area contributed by atoms with Gasteiger partial charge in [-0.2, -0.15) is 0 Å². The fraction of sp³-hybridized carbons (Fsp3) is 0.133. The molecule has 4 aromatic rings. The molecule has 1 saturated heterocycles. The molecule has 2 N–H and O–H groups in total. The third kappa shape index (κ3) is 4.84. The zero-order valence-electron chi connectivity index (χ0n) is 20.1. The monoisotopic (exact) mass is 592 g/mol. The van der Waals surface area contributed by atoms with Gasteiger partial charge in [0.1, 0.15) is 5.75 Å². The van der Waals surface area contributed by atoms with Crippen molar-refractivity contribution in [3.63, 3.8) is 0 Å². The third-order valence-electron chi connectivity index (χ3n) is 6.73. The second-order valence-electron chi connectivity index (χ2n) is 9.20. The second kappa shape index (κ2) is 9.97. The van der Waals surface area contributed by atoms with E-state index in [1.54, 1.807) is 24.3 Å². The maximum atomic E-state index is 13.3. The Kier molecular flexibility index (Phi) is 6.50. The average molecular weight is 592 g/mol. The molecule has 192 valence electrons. The van der Waals surface area contributed by atoms with Crippen molar-refractivity contribution in [1.82, 2.24) is 0 Å². The van der Waals surface area contributed by atoms with Crippen LogP contribution >= 0.6 is 0 Å². The number of hydrogen-bond donors (Lipinski definition) is 2. The van der Waals surface area contributed by atoms with Gasteiger partial charge in [-0.1, -0.05) is 0 Å². The van der Waals surface area contributed by atoms with Gasteiger partial charge in [0.15, 0.2) is 0 Å². The van der Waals surface area contributed by atoms with Crippen LogP contribution in [0.3, 0.4) is 0 Å². The molecule has 2 aliphatic heterocycles. The SMILES string of the molecule is O=S(=O)(Oc1ccc(O)cc1)C1CC2OC1C(c1ccc(O)cc1)=C2c1ccc([Se]c2ccccc2)cc1. The molecule has 2 bridgehead atoms. The van der Waals surface area contributed by atoms with Crippen LogP contribution in [0.5, 0.6) is 17.2 Å². The van der Waals surface area contributed by atoms with Crippen molar-refractivity contribution >= 4 is 45.1 Å². The van der Waals surface area contributed by atoms with Crippen LogP contribution < -0.4 is 13.1 Å². The number of aromatic hydroxyl groups is 2. The van der Waals surface area contributed by atoms with Gasteiger partial charge < -0.3 is 5.11 Å². The first-order chi connectivity index (χ1) is 18.4. The van der Waals surface area contributed by atoms with Crippen molar-refractivity contribution in [2.75, 3.05) is 0 Å². The van der Waals surface area contributed by atoms with Gasteiger partial charge in [-0.25, -0.2) is 0 Å². The molecule has 0 saturated carbocycles. The van der Waals surface area contributed by atoms with E-state index in [1.807, 2.05) is 18.2 Å². The van der Waals surface area contributed by atoms with Gasteiger partial charge in [-0.15, -0.1) is 0 Å². The Balaban J connectivity index is 1.35. The Bertz CT molecular complexity index is 1580. The Morgan fingerprint density at radius 2 is 1.26 bits per heavy atom. The summed E-state index contributed by atoms with van der Waals surface area (Å²) in [6.45, 7) is 0. The maximum absolute atomic E-state index is 13.3. The molecule has 0 amide bonds. The molecule has 3 unspecified atom stereocenters. The first-order valence-corrected chi connectivity index (χ1v) is 15.3. The third-order valence-corrected chi connectivity index (χ3v) is 10.5. The van der Waals surface area contributed by atoms with Crippen LogP contribution in [0, 0.1) is 0 Å². The van der Waals surface area contributed by atoms with Crippen molar-refractivity contribution in [1.29, 1.82) is 0 Å². The van der Waals surface area contributed by atoms with Gasteiger partial charge in [0, 0.05) is 0 Å². The van der Waals surface area contributed by atoms with Gasteiger partial charge in [-0.3, -0.25) is 0 Å². The van der Waals surface area contributed by atoms with E-state index < -0.39 is 27.6 Å². The van der Waals surface area contributed by atoms with E-state index in [1.165, 1.54) is 33.2 Å². The van der Waals surface area contributed by atoms with Crippen molar-refractivity contribution in [2.24, 2.45) is 0 Å². The molecule has 0 aromatic heterocycles. The van der Waals surface area contributed by atoms with Crippen molar-refractivity contribution in [3.8, 4) is 17.2 Å². The van der Waals surface area contributed by atoms with Gasteiger partial charge in [-0.05, 0) is 12.1 Å². The Morgan fingerprint density at radius 1 is 0.711 bits per heavy atom. The predicted octanol–water partition coefficient (Wildman–Crippen LogP) is 3.61. The summed E-state index contributed by atoms with van der Waals surface area (Å²) < 4.78 is 40.9. The van der Waals surface area contributed by atoms with Crippen LogP contribution in [0.25, 0.3) is 11.1 Å². The van der Waals surface area contributed by atoms with Crippen molar-refractivity contribution in [3.05, 3.63) is 114 Å². The standard InChI is InChI=1S/C30H24O6SSe/c31-21-10-6-20(7-11-21)29-28(19-8-16-25(17-9-19)38-24-4-2-1-3-5-24)26-18-27(30(29)35-26)37(33,34)36-23-14-12-22(32)13-15-23/h1-17,26-27,30-32H,18H2. The minimum atomic E-state index is -4.04. The van der Waals surface area contributed by atoms with E-state index in [0.29, 0.717) is 0 Å². The van der Waals surface area contributed by atoms with Crippen LogP contribution in [-0.2, 0) is 14.9 Å². The molecule has 0 spiro atoms. The van der Waals surface area contributed by atoms with E-state index in [0.717, 1.165) is 22.3 Å². The van der Waals surface area contributed by atoms with Gasteiger partial charge in [0.05, 0.1) is 0 Å². The topological polar surface area (TPSA) is 93.1 Å². The molecule has 0 radical (unpaired) electrons. The Hall–Kier alpha value is -3.55. The summed E-state index contributed by atoms with van der Waals surface area (Å²) >= 11 is 0.184. The Labute approximate surface area is 227 Å². The van der Waals surface area contributed by atoms with E-state index in [-0.39, 0.29) is 38.6 Å². The molecule has 6 nitrogen and oxygen atoms in total. The van der Waals surface area contributed by atoms with Crippen molar-refractivity contribution < 1.29 is 27.6 Å². The van der Waals surface area contributed by atoms with E-state index in [4.69, 9.17) is 8.92 Å². The number of phenols is 2. The number of phenolic OH excluding ortho intramolecular Hbond substituents is 2. The fourth-order valence-electron chi connectivity index (χ4n) is 5.02. The molecule has 2 heterocycles. The van der Waals surface area contributed by atoms with E-state index in [9.17, 15) is 18.6 Å². The molecule has 2 aliphatic rings. The summed E-state index contributed by atoms with van der Waals surface area (Å²) in [5.74, 6) is 0.292. The number of hydrogen-bond acceptors (Lipinski definition) is 6. The first kappa shape index (κ1) is 24.8. The summed E-state index contributed by atoms with van der Waals surface area (Å²) in [6, 6.07) is 31.1. The quantitative estimate of drug-likeness (QED) is 0.252. The fourth-order valence-corrected chi connectivity index (χ4v) is 8.19. The van der Waals surface area contributed by atoms with Crippen LogP contribution in [0.2, 0.25) is 0 Å². The van der Waals surface area contributed by atoms with Crippen LogP contribution in [0.15, 0.2) is 103 Å². The first-order valence-electron chi connectivity index (χ1n) is 12.1. The zero-order chi connectivity index (χ0) is 26.3. The summed E-state index contributed by atoms with van der Waals surface area (Å²) in [4.78, 5) is 0. The van der Waals surface area contributed by atoms with Crippen LogP contribution in [-0.4, -0.2) is 51.0 Å². The Morgan fingerprint density at radius 3 is 1.92 bits per heavy atom. The molecule has 6 rings (SSSR count). The second-order valence-corrected chi connectivity index (χ2v) is 13.4. The number of rotatable bonds is 7.